The fraction of sp³-hybridized carbons (Fsp3) is 0.111. The zero-order chi connectivity index (χ0) is 18.9. The van der Waals surface area contributed by atoms with Gasteiger partial charge in [-0.1, -0.05) is 42.8 Å². The Morgan fingerprint density at radius 1 is 1.04 bits per heavy atom. The monoisotopic (exact) mass is 409 g/mol. The van der Waals surface area contributed by atoms with Crippen molar-refractivity contribution in [3.05, 3.63) is 70.7 Å². The molecule has 5 nitrogen and oxygen atoms in total. The van der Waals surface area contributed by atoms with Crippen LogP contribution in [0.5, 0.6) is 0 Å². The van der Waals surface area contributed by atoms with E-state index >= 15 is 0 Å². The molecule has 3 aromatic rings. The first kappa shape index (κ1) is 18.7. The second kappa shape index (κ2) is 6.90. The fourth-order valence-electron chi connectivity index (χ4n) is 2.51. The Bertz CT molecular complexity index is 1190. The lowest BCUT2D eigenvalue weighted by Crippen LogP contribution is -2.11. The molecule has 0 atom stereocenters. The quantitative estimate of drug-likeness (QED) is 0.639. The van der Waals surface area contributed by atoms with Gasteiger partial charge in [-0.15, -0.1) is 0 Å². The van der Waals surface area contributed by atoms with E-state index in [4.69, 9.17) is 11.6 Å². The zero-order valence-electron chi connectivity index (χ0n) is 13.8. The number of nitrogens with zero attached hydrogens (tertiary/aromatic N) is 1. The van der Waals surface area contributed by atoms with E-state index in [1.807, 2.05) is 0 Å². The molecule has 0 spiro atoms. The van der Waals surface area contributed by atoms with E-state index in [1.54, 1.807) is 43.3 Å². The average molecular weight is 410 g/mol. The summed E-state index contributed by atoms with van der Waals surface area (Å²) < 4.78 is 50.7. The minimum Gasteiger partial charge on any atom is -0.240 e. The average Bonchev–Trinajstić information content (AvgIpc) is 2.99. The number of benzene rings is 2. The van der Waals surface area contributed by atoms with Crippen LogP contribution in [0.25, 0.3) is 17.0 Å². The van der Waals surface area contributed by atoms with Crippen LogP contribution in [0.15, 0.2) is 65.0 Å². The van der Waals surface area contributed by atoms with E-state index in [-0.39, 0.29) is 10.6 Å². The van der Waals surface area contributed by atoms with E-state index in [0.29, 0.717) is 21.5 Å². The highest BCUT2D eigenvalue weighted by Crippen LogP contribution is 2.29. The van der Waals surface area contributed by atoms with Crippen LogP contribution in [-0.2, 0) is 19.9 Å². The molecule has 3 rings (SSSR count). The van der Waals surface area contributed by atoms with Gasteiger partial charge in [-0.3, -0.25) is 0 Å². The summed E-state index contributed by atoms with van der Waals surface area (Å²) in [6, 6.07) is 12.9. The predicted octanol–water partition coefficient (Wildman–Crippen LogP) is 3.94. The summed E-state index contributed by atoms with van der Waals surface area (Å²) >= 11 is 6.05. The summed E-state index contributed by atoms with van der Waals surface area (Å²) in [5.74, 6) is -0.0315. The van der Waals surface area contributed by atoms with Gasteiger partial charge < -0.3 is 0 Å². The Morgan fingerprint density at radius 3 is 2.38 bits per heavy atom. The van der Waals surface area contributed by atoms with Gasteiger partial charge in [0.05, 0.1) is 16.2 Å². The Morgan fingerprint density at radius 2 is 1.73 bits per heavy atom. The molecule has 26 heavy (non-hydrogen) atoms. The van der Waals surface area contributed by atoms with Gasteiger partial charge in [0.1, 0.15) is 0 Å². The standard InChI is InChI=1S/C18H16ClNO4S2/c1-2-25(21,22)11-10-14-13-20(18-12-15(19)8-9-17(14)18)26(23,24)16-6-4-3-5-7-16/h3-13H,2H2,1H3. The smallest absolute Gasteiger partial charge is 0.240 e. The molecule has 0 fully saturated rings. The van der Waals surface area contributed by atoms with Crippen molar-refractivity contribution in [1.29, 1.82) is 0 Å². The third kappa shape index (κ3) is 3.56. The summed E-state index contributed by atoms with van der Waals surface area (Å²) in [6.07, 6.45) is 2.82. The molecule has 2 aromatic carbocycles. The van der Waals surface area contributed by atoms with Crippen molar-refractivity contribution < 1.29 is 16.8 Å². The molecular weight excluding hydrogens is 394 g/mol. The lowest BCUT2D eigenvalue weighted by atomic mass is 10.2. The first-order chi connectivity index (χ1) is 12.2. The lowest BCUT2D eigenvalue weighted by Gasteiger charge is -2.07. The number of aromatic nitrogens is 1. The van der Waals surface area contributed by atoms with Crippen molar-refractivity contribution in [3.63, 3.8) is 0 Å². The Hall–Kier alpha value is -2.09. The molecule has 8 heteroatoms. The number of fused-ring (bicyclic) bond motifs is 1. The third-order valence-electron chi connectivity index (χ3n) is 3.92. The van der Waals surface area contributed by atoms with E-state index < -0.39 is 19.9 Å². The number of rotatable bonds is 5. The number of halogens is 1. The van der Waals surface area contributed by atoms with Gasteiger partial charge in [-0.05, 0) is 30.3 Å². The minimum atomic E-state index is -3.85. The zero-order valence-corrected chi connectivity index (χ0v) is 16.2. The van der Waals surface area contributed by atoms with Crippen molar-refractivity contribution in [2.75, 3.05) is 5.75 Å². The van der Waals surface area contributed by atoms with Crippen molar-refractivity contribution in [2.24, 2.45) is 0 Å². The van der Waals surface area contributed by atoms with Crippen molar-refractivity contribution >= 4 is 48.4 Å². The topological polar surface area (TPSA) is 73.2 Å². The van der Waals surface area contributed by atoms with Crippen LogP contribution in [0.1, 0.15) is 12.5 Å². The van der Waals surface area contributed by atoms with Gasteiger partial charge in [0.15, 0.2) is 9.84 Å². The molecule has 1 aromatic heterocycles. The highest BCUT2D eigenvalue weighted by Gasteiger charge is 2.20. The Balaban J connectivity index is 2.26. The van der Waals surface area contributed by atoms with Gasteiger partial charge in [0.25, 0.3) is 10.0 Å². The normalized spacial score (nSPS) is 12.8. The maximum absolute atomic E-state index is 13.0. The summed E-state index contributed by atoms with van der Waals surface area (Å²) in [7, 11) is -7.18. The number of sulfone groups is 1. The van der Waals surface area contributed by atoms with Crippen LogP contribution in [0.2, 0.25) is 5.02 Å². The number of hydrogen-bond donors (Lipinski definition) is 0. The van der Waals surface area contributed by atoms with Gasteiger partial charge in [0, 0.05) is 27.6 Å². The maximum Gasteiger partial charge on any atom is 0.268 e. The van der Waals surface area contributed by atoms with E-state index in [2.05, 4.69) is 0 Å². The van der Waals surface area contributed by atoms with Crippen LogP contribution in [-0.4, -0.2) is 26.6 Å². The minimum absolute atomic E-state index is 0.0315. The predicted molar refractivity (Wildman–Crippen MR) is 104 cm³/mol. The van der Waals surface area contributed by atoms with Gasteiger partial charge in [0.2, 0.25) is 0 Å². The van der Waals surface area contributed by atoms with Crippen LogP contribution < -0.4 is 0 Å². The second-order valence-electron chi connectivity index (χ2n) is 5.61. The molecule has 0 aliphatic heterocycles. The molecule has 0 saturated carbocycles. The van der Waals surface area contributed by atoms with E-state index in [9.17, 15) is 16.8 Å². The maximum atomic E-state index is 13.0. The van der Waals surface area contributed by atoms with Crippen LogP contribution in [0, 0.1) is 0 Å². The molecule has 0 radical (unpaired) electrons. The molecule has 0 bridgehead atoms. The van der Waals surface area contributed by atoms with E-state index in [1.165, 1.54) is 24.4 Å². The summed E-state index contributed by atoms with van der Waals surface area (Å²) in [4.78, 5) is 0.133. The SMILES string of the molecule is CCS(=O)(=O)C=Cc1cn(S(=O)(=O)c2ccccc2)c2cc(Cl)ccc12. The Labute approximate surface area is 157 Å². The van der Waals surface area contributed by atoms with Gasteiger partial charge in [-0.25, -0.2) is 20.8 Å². The molecule has 0 unspecified atom stereocenters. The lowest BCUT2D eigenvalue weighted by molar-refractivity contribution is 0.589. The van der Waals surface area contributed by atoms with Crippen LogP contribution in [0.4, 0.5) is 0 Å². The van der Waals surface area contributed by atoms with Crippen molar-refractivity contribution in [3.8, 4) is 0 Å². The molecular formula is C18H16ClNO4S2. The highest BCUT2D eigenvalue weighted by molar-refractivity contribution is 7.94. The first-order valence-corrected chi connectivity index (χ1v) is 11.3. The van der Waals surface area contributed by atoms with Gasteiger partial charge in [-0.2, -0.15) is 0 Å². The van der Waals surface area contributed by atoms with Crippen molar-refractivity contribution in [1.82, 2.24) is 3.97 Å². The summed E-state index contributed by atoms with van der Waals surface area (Å²) in [6.45, 7) is 1.54. The number of hydrogen-bond acceptors (Lipinski definition) is 4. The first-order valence-electron chi connectivity index (χ1n) is 7.77. The molecule has 0 aliphatic rings. The molecule has 136 valence electrons. The highest BCUT2D eigenvalue weighted by atomic mass is 35.5. The second-order valence-corrected chi connectivity index (χ2v) is 10.0. The molecule has 0 amide bonds. The summed E-state index contributed by atoms with van der Waals surface area (Å²) in [5, 5.41) is 2.07. The van der Waals surface area contributed by atoms with Crippen LogP contribution >= 0.6 is 11.6 Å². The van der Waals surface area contributed by atoms with Crippen molar-refractivity contribution in [2.45, 2.75) is 11.8 Å². The molecule has 0 aliphatic carbocycles. The fourth-order valence-corrected chi connectivity index (χ4v) is 4.61. The Kier molecular flexibility index (Phi) is 4.96. The molecule has 1 heterocycles. The molecule has 0 N–H and O–H groups in total. The molecule has 0 saturated heterocycles. The summed E-state index contributed by atoms with van der Waals surface area (Å²) in [5.41, 5.74) is 0.864. The third-order valence-corrected chi connectivity index (χ3v) is 7.20. The largest absolute Gasteiger partial charge is 0.268 e. The van der Waals surface area contributed by atoms with Gasteiger partial charge >= 0.3 is 0 Å². The van der Waals surface area contributed by atoms with E-state index in [0.717, 1.165) is 9.38 Å². The van der Waals surface area contributed by atoms with Crippen LogP contribution in [0.3, 0.4) is 0 Å².